The van der Waals surface area contributed by atoms with Crippen molar-refractivity contribution in [1.29, 1.82) is 0 Å². The van der Waals surface area contributed by atoms with Gasteiger partial charge in [-0.15, -0.1) is 0 Å². The average Bonchev–Trinajstić information content (AvgIpc) is 3.09. The van der Waals surface area contributed by atoms with E-state index in [1.165, 1.54) is 0 Å². The van der Waals surface area contributed by atoms with Gasteiger partial charge >= 0.3 is 0 Å². The lowest BCUT2D eigenvalue weighted by Crippen LogP contribution is -2.39. The van der Waals surface area contributed by atoms with E-state index < -0.39 is 0 Å². The predicted molar refractivity (Wildman–Crippen MR) is 81.1 cm³/mol. The number of carbonyl (C=O) groups excluding carboxylic acids is 1. The van der Waals surface area contributed by atoms with Gasteiger partial charge in [-0.3, -0.25) is 14.6 Å². The Balaban J connectivity index is 1.84. The van der Waals surface area contributed by atoms with Crippen molar-refractivity contribution in [2.45, 2.75) is 39.8 Å². The largest absolute Gasteiger partial charge is 0.322 e. The lowest BCUT2D eigenvalue weighted by atomic mass is 10.2. The lowest BCUT2D eigenvalue weighted by molar-refractivity contribution is -0.115. The molecule has 0 unspecified atom stereocenters. The highest BCUT2D eigenvalue weighted by atomic mass is 16.1. The van der Waals surface area contributed by atoms with E-state index in [4.69, 9.17) is 0 Å². The highest BCUT2D eigenvalue weighted by molar-refractivity contribution is 5.93. The molecule has 0 aliphatic rings. The molecule has 21 heavy (non-hydrogen) atoms. The van der Waals surface area contributed by atoms with Gasteiger partial charge in [0.25, 0.3) is 0 Å². The van der Waals surface area contributed by atoms with Gasteiger partial charge in [-0.05, 0) is 33.8 Å². The first kappa shape index (κ1) is 15.2. The molecule has 0 saturated carbocycles. The number of hydrogen-bond donors (Lipinski definition) is 3. The first-order valence-corrected chi connectivity index (χ1v) is 7.03. The monoisotopic (exact) mass is 290 g/mol. The van der Waals surface area contributed by atoms with Gasteiger partial charge in [-0.25, -0.2) is 0 Å². The standard InChI is InChI=1S/C14H22N6O/c1-9(12(4)20-7-5-6-16-20)15-8-13(21)17-14-10(2)18-19-11(14)3/h5-7,9,12,15H,8H2,1-4H3,(H,17,21)(H,18,19)/t9-,12+/m0/s1. The van der Waals surface area contributed by atoms with Gasteiger partial charge in [0.1, 0.15) is 0 Å². The molecular formula is C14H22N6O. The Kier molecular flexibility index (Phi) is 4.74. The molecule has 0 aliphatic heterocycles. The highest BCUT2D eigenvalue weighted by Crippen LogP contribution is 2.15. The van der Waals surface area contributed by atoms with Crippen LogP contribution in [0.4, 0.5) is 5.69 Å². The molecule has 7 heteroatoms. The van der Waals surface area contributed by atoms with Crippen LogP contribution in [0.2, 0.25) is 0 Å². The summed E-state index contributed by atoms with van der Waals surface area (Å²) in [6, 6.07) is 2.19. The van der Waals surface area contributed by atoms with E-state index in [9.17, 15) is 4.79 Å². The molecule has 114 valence electrons. The Hall–Kier alpha value is -2.15. The number of aryl methyl sites for hydroxylation is 2. The molecule has 0 saturated heterocycles. The third-order valence-electron chi connectivity index (χ3n) is 3.64. The molecular weight excluding hydrogens is 268 g/mol. The Morgan fingerprint density at radius 2 is 2.19 bits per heavy atom. The van der Waals surface area contributed by atoms with Gasteiger partial charge in [-0.1, -0.05) is 0 Å². The number of aromatic nitrogens is 4. The first-order valence-electron chi connectivity index (χ1n) is 7.03. The van der Waals surface area contributed by atoms with Gasteiger partial charge in [0.05, 0.1) is 29.7 Å². The molecule has 0 spiro atoms. The van der Waals surface area contributed by atoms with Crippen LogP contribution in [-0.2, 0) is 4.79 Å². The van der Waals surface area contributed by atoms with Crippen molar-refractivity contribution in [2.75, 3.05) is 11.9 Å². The molecule has 2 rings (SSSR count). The Morgan fingerprint density at radius 3 is 2.76 bits per heavy atom. The molecule has 0 aromatic carbocycles. The molecule has 2 aromatic rings. The number of hydrogen-bond acceptors (Lipinski definition) is 4. The minimum absolute atomic E-state index is 0.0814. The first-order chi connectivity index (χ1) is 9.99. The van der Waals surface area contributed by atoms with Gasteiger partial charge in [-0.2, -0.15) is 10.2 Å². The zero-order chi connectivity index (χ0) is 15.4. The fourth-order valence-electron chi connectivity index (χ4n) is 2.09. The van der Waals surface area contributed by atoms with E-state index in [0.717, 1.165) is 17.1 Å². The van der Waals surface area contributed by atoms with Crippen LogP contribution in [0.25, 0.3) is 0 Å². The zero-order valence-corrected chi connectivity index (χ0v) is 12.8. The van der Waals surface area contributed by atoms with Crippen LogP contribution >= 0.6 is 0 Å². The van der Waals surface area contributed by atoms with Gasteiger partial charge in [0.15, 0.2) is 0 Å². The topological polar surface area (TPSA) is 87.6 Å². The summed E-state index contributed by atoms with van der Waals surface area (Å²) in [6.45, 7) is 8.08. The van der Waals surface area contributed by atoms with Crippen LogP contribution in [0.3, 0.4) is 0 Å². The number of H-pyrrole nitrogens is 1. The van der Waals surface area contributed by atoms with Crippen LogP contribution in [-0.4, -0.2) is 38.5 Å². The maximum absolute atomic E-state index is 12.0. The van der Waals surface area contributed by atoms with Crippen molar-refractivity contribution in [3.05, 3.63) is 29.8 Å². The Labute approximate surface area is 124 Å². The number of aromatic amines is 1. The van der Waals surface area contributed by atoms with E-state index in [0.29, 0.717) is 0 Å². The molecule has 3 N–H and O–H groups in total. The van der Waals surface area contributed by atoms with Crippen molar-refractivity contribution in [3.63, 3.8) is 0 Å². The summed E-state index contributed by atoms with van der Waals surface area (Å²) in [5, 5.41) is 17.2. The number of nitrogens with zero attached hydrogens (tertiary/aromatic N) is 3. The summed E-state index contributed by atoms with van der Waals surface area (Å²) in [5.74, 6) is -0.0814. The molecule has 0 aliphatic carbocycles. The molecule has 1 amide bonds. The molecule has 2 aromatic heterocycles. The van der Waals surface area contributed by atoms with E-state index in [1.807, 2.05) is 37.7 Å². The van der Waals surface area contributed by atoms with Crippen LogP contribution < -0.4 is 10.6 Å². The average molecular weight is 290 g/mol. The maximum atomic E-state index is 12.0. The summed E-state index contributed by atoms with van der Waals surface area (Å²) in [5.41, 5.74) is 2.41. The predicted octanol–water partition coefficient (Wildman–Crippen LogP) is 1.40. The maximum Gasteiger partial charge on any atom is 0.238 e. The Bertz CT molecular complexity index is 569. The fraction of sp³-hybridized carbons (Fsp3) is 0.500. The second-order valence-corrected chi connectivity index (χ2v) is 5.25. The normalized spacial score (nSPS) is 13.9. The summed E-state index contributed by atoms with van der Waals surface area (Å²) < 4.78 is 1.87. The molecule has 7 nitrogen and oxygen atoms in total. The molecule has 2 atom stereocenters. The van der Waals surface area contributed by atoms with Gasteiger partial charge in [0, 0.05) is 18.4 Å². The van der Waals surface area contributed by atoms with Crippen molar-refractivity contribution in [3.8, 4) is 0 Å². The van der Waals surface area contributed by atoms with Crippen LogP contribution in [0.1, 0.15) is 31.3 Å². The van der Waals surface area contributed by atoms with E-state index >= 15 is 0 Å². The Morgan fingerprint density at radius 1 is 1.43 bits per heavy atom. The van der Waals surface area contributed by atoms with Crippen molar-refractivity contribution >= 4 is 11.6 Å². The fourth-order valence-corrected chi connectivity index (χ4v) is 2.09. The summed E-state index contributed by atoms with van der Waals surface area (Å²) >= 11 is 0. The number of nitrogens with one attached hydrogen (secondary N) is 3. The third-order valence-corrected chi connectivity index (χ3v) is 3.64. The second-order valence-electron chi connectivity index (χ2n) is 5.25. The lowest BCUT2D eigenvalue weighted by Gasteiger charge is -2.21. The number of anilines is 1. The molecule has 2 heterocycles. The van der Waals surface area contributed by atoms with Gasteiger partial charge < -0.3 is 10.6 Å². The number of rotatable bonds is 6. The van der Waals surface area contributed by atoms with Crippen LogP contribution in [0.15, 0.2) is 18.5 Å². The minimum atomic E-state index is -0.0814. The second kappa shape index (κ2) is 6.53. The number of carbonyl (C=O) groups is 1. The quantitative estimate of drug-likeness (QED) is 0.750. The molecule has 0 bridgehead atoms. The molecule has 0 fully saturated rings. The SMILES string of the molecule is Cc1n[nH]c(C)c1NC(=O)CN[C@@H](C)[C@@H](C)n1cccn1. The summed E-state index contributed by atoms with van der Waals surface area (Å²) in [7, 11) is 0. The van der Waals surface area contributed by atoms with Gasteiger partial charge in [0.2, 0.25) is 5.91 Å². The third kappa shape index (κ3) is 3.69. The van der Waals surface area contributed by atoms with Crippen molar-refractivity contribution < 1.29 is 4.79 Å². The summed E-state index contributed by atoms with van der Waals surface area (Å²) in [6.07, 6.45) is 3.67. The van der Waals surface area contributed by atoms with E-state index in [2.05, 4.69) is 32.9 Å². The van der Waals surface area contributed by atoms with Crippen molar-refractivity contribution in [2.24, 2.45) is 0 Å². The molecule has 0 radical (unpaired) electrons. The van der Waals surface area contributed by atoms with E-state index in [-0.39, 0.29) is 24.5 Å². The number of amides is 1. The van der Waals surface area contributed by atoms with Crippen molar-refractivity contribution in [1.82, 2.24) is 25.3 Å². The van der Waals surface area contributed by atoms with E-state index in [1.54, 1.807) is 6.20 Å². The van der Waals surface area contributed by atoms with Crippen LogP contribution in [0, 0.1) is 13.8 Å². The highest BCUT2D eigenvalue weighted by Gasteiger charge is 2.16. The minimum Gasteiger partial charge on any atom is -0.322 e. The van der Waals surface area contributed by atoms with Crippen LogP contribution in [0.5, 0.6) is 0 Å². The summed E-state index contributed by atoms with van der Waals surface area (Å²) in [4.78, 5) is 12.0. The smallest absolute Gasteiger partial charge is 0.238 e. The zero-order valence-electron chi connectivity index (χ0n) is 12.8.